The number of carbonyl (C=O) groups excluding carboxylic acids is 1. The van der Waals surface area contributed by atoms with Gasteiger partial charge in [-0.25, -0.2) is 0 Å². The lowest BCUT2D eigenvalue weighted by molar-refractivity contribution is -0.117. The van der Waals surface area contributed by atoms with Crippen LogP contribution in [0.15, 0.2) is 24.3 Å². The van der Waals surface area contributed by atoms with Gasteiger partial charge in [0.05, 0.1) is 26.2 Å². The minimum Gasteiger partial charge on any atom is -0.379 e. The largest absolute Gasteiger partial charge is 0.379 e. The fourth-order valence-electron chi connectivity index (χ4n) is 1.70. The maximum Gasteiger partial charge on any atom is 0.226 e. The molecule has 0 aliphatic carbocycles. The highest BCUT2D eigenvalue weighted by Gasteiger charge is 2.03. The van der Waals surface area contributed by atoms with Crippen molar-refractivity contribution >= 4 is 11.6 Å². The van der Waals surface area contributed by atoms with Crippen molar-refractivity contribution in [2.75, 3.05) is 31.7 Å². The average molecular weight is 294 g/mol. The predicted molar refractivity (Wildman–Crippen MR) is 84.1 cm³/mol. The van der Waals surface area contributed by atoms with E-state index in [0.29, 0.717) is 38.7 Å². The zero-order chi connectivity index (χ0) is 15.5. The molecule has 21 heavy (non-hydrogen) atoms. The topological polar surface area (TPSA) is 73.6 Å². The summed E-state index contributed by atoms with van der Waals surface area (Å²) in [5, 5.41) is 2.83. The predicted octanol–water partition coefficient (Wildman–Crippen LogP) is 2.16. The average Bonchev–Trinajstić information content (AvgIpc) is 2.46. The zero-order valence-electron chi connectivity index (χ0n) is 12.9. The van der Waals surface area contributed by atoms with Gasteiger partial charge in [0.2, 0.25) is 5.91 Å². The summed E-state index contributed by atoms with van der Waals surface area (Å²) >= 11 is 0. The minimum absolute atomic E-state index is 0.0627. The fourth-order valence-corrected chi connectivity index (χ4v) is 1.70. The van der Waals surface area contributed by atoms with E-state index in [1.807, 2.05) is 24.3 Å². The van der Waals surface area contributed by atoms with E-state index in [9.17, 15) is 4.79 Å². The Kier molecular flexibility index (Phi) is 8.66. The number of hydrogen-bond donors (Lipinski definition) is 2. The van der Waals surface area contributed by atoms with E-state index in [0.717, 1.165) is 17.9 Å². The van der Waals surface area contributed by atoms with Crippen LogP contribution in [0.5, 0.6) is 0 Å². The molecule has 0 aromatic heterocycles. The number of anilines is 1. The third-order valence-corrected chi connectivity index (χ3v) is 2.74. The number of nitrogens with two attached hydrogens (primary N) is 1. The molecule has 0 bridgehead atoms. The van der Waals surface area contributed by atoms with Crippen LogP contribution in [0, 0.1) is 5.92 Å². The van der Waals surface area contributed by atoms with E-state index < -0.39 is 0 Å². The lowest BCUT2D eigenvalue weighted by Crippen LogP contribution is -2.16. The minimum atomic E-state index is -0.0627. The molecule has 3 N–H and O–H groups in total. The summed E-state index contributed by atoms with van der Waals surface area (Å²) in [6.07, 6.45) is 0.330. The SMILES string of the molecule is CC(C)COCCOCCC(=O)Nc1cccc(CN)c1. The number of nitrogens with one attached hydrogen (secondary N) is 1. The standard InChI is InChI=1S/C16H26N2O3/c1-13(2)12-21-9-8-20-7-6-16(19)18-15-5-3-4-14(10-15)11-17/h3-5,10,13H,6-9,11-12,17H2,1-2H3,(H,18,19). The molecule has 118 valence electrons. The van der Waals surface area contributed by atoms with Crippen LogP contribution in [-0.4, -0.2) is 32.3 Å². The smallest absolute Gasteiger partial charge is 0.226 e. The van der Waals surface area contributed by atoms with Crippen molar-refractivity contribution in [3.63, 3.8) is 0 Å². The monoisotopic (exact) mass is 294 g/mol. The van der Waals surface area contributed by atoms with Gasteiger partial charge in [0, 0.05) is 18.8 Å². The second kappa shape index (κ2) is 10.3. The van der Waals surface area contributed by atoms with Crippen LogP contribution in [0.3, 0.4) is 0 Å². The van der Waals surface area contributed by atoms with Crippen LogP contribution in [0.25, 0.3) is 0 Å². The van der Waals surface area contributed by atoms with E-state index in [2.05, 4.69) is 19.2 Å². The van der Waals surface area contributed by atoms with Crippen molar-refractivity contribution in [3.05, 3.63) is 29.8 Å². The molecular weight excluding hydrogens is 268 g/mol. The third kappa shape index (κ3) is 8.45. The molecule has 0 spiro atoms. The highest BCUT2D eigenvalue weighted by Crippen LogP contribution is 2.10. The Labute approximate surface area is 126 Å². The molecule has 0 aliphatic heterocycles. The molecule has 5 heteroatoms. The summed E-state index contributed by atoms with van der Waals surface area (Å²) in [5.74, 6) is 0.465. The Balaban J connectivity index is 2.11. The summed E-state index contributed by atoms with van der Waals surface area (Å²) in [7, 11) is 0. The van der Waals surface area contributed by atoms with Crippen LogP contribution in [0.1, 0.15) is 25.8 Å². The van der Waals surface area contributed by atoms with Gasteiger partial charge in [-0.2, -0.15) is 0 Å². The number of ether oxygens (including phenoxy) is 2. The third-order valence-electron chi connectivity index (χ3n) is 2.74. The Bertz CT molecular complexity index is 422. The second-order valence-corrected chi connectivity index (χ2v) is 5.28. The molecule has 1 aromatic rings. The molecule has 0 radical (unpaired) electrons. The Morgan fingerprint density at radius 2 is 2.00 bits per heavy atom. The first-order valence-corrected chi connectivity index (χ1v) is 7.36. The van der Waals surface area contributed by atoms with Crippen LogP contribution in [0.4, 0.5) is 5.69 Å². The summed E-state index contributed by atoms with van der Waals surface area (Å²) < 4.78 is 10.7. The van der Waals surface area contributed by atoms with Gasteiger partial charge in [0.1, 0.15) is 0 Å². The molecule has 0 unspecified atom stereocenters. The van der Waals surface area contributed by atoms with E-state index >= 15 is 0 Å². The molecule has 0 atom stereocenters. The van der Waals surface area contributed by atoms with Gasteiger partial charge in [-0.05, 0) is 23.6 Å². The van der Waals surface area contributed by atoms with E-state index in [4.69, 9.17) is 15.2 Å². The molecule has 0 aliphatic rings. The fraction of sp³-hybridized carbons (Fsp3) is 0.562. The summed E-state index contributed by atoms with van der Waals surface area (Å²) in [6.45, 7) is 6.88. The van der Waals surface area contributed by atoms with Gasteiger partial charge in [0.25, 0.3) is 0 Å². The van der Waals surface area contributed by atoms with E-state index in [-0.39, 0.29) is 5.91 Å². The van der Waals surface area contributed by atoms with Crippen molar-refractivity contribution in [3.8, 4) is 0 Å². The van der Waals surface area contributed by atoms with Gasteiger partial charge >= 0.3 is 0 Å². The summed E-state index contributed by atoms with van der Waals surface area (Å²) in [5.41, 5.74) is 7.32. The lowest BCUT2D eigenvalue weighted by atomic mass is 10.2. The number of carbonyl (C=O) groups is 1. The van der Waals surface area contributed by atoms with E-state index in [1.54, 1.807) is 0 Å². The first-order valence-electron chi connectivity index (χ1n) is 7.36. The van der Waals surface area contributed by atoms with Crippen molar-refractivity contribution in [1.29, 1.82) is 0 Å². The lowest BCUT2D eigenvalue weighted by Gasteiger charge is -2.08. The molecule has 0 heterocycles. The first-order chi connectivity index (χ1) is 10.1. The molecule has 0 saturated heterocycles. The van der Waals surface area contributed by atoms with Crippen molar-refractivity contribution in [2.45, 2.75) is 26.8 Å². The maximum absolute atomic E-state index is 11.7. The summed E-state index contributed by atoms with van der Waals surface area (Å²) in [4.78, 5) is 11.7. The van der Waals surface area contributed by atoms with Gasteiger partial charge < -0.3 is 20.5 Å². The normalized spacial score (nSPS) is 10.9. The van der Waals surface area contributed by atoms with Crippen LogP contribution < -0.4 is 11.1 Å². The molecule has 1 amide bonds. The second-order valence-electron chi connectivity index (χ2n) is 5.28. The van der Waals surface area contributed by atoms with Crippen LogP contribution in [0.2, 0.25) is 0 Å². The quantitative estimate of drug-likeness (QED) is 0.649. The van der Waals surface area contributed by atoms with Crippen LogP contribution >= 0.6 is 0 Å². The Morgan fingerprint density at radius 1 is 1.24 bits per heavy atom. The highest BCUT2D eigenvalue weighted by atomic mass is 16.5. The number of hydrogen-bond acceptors (Lipinski definition) is 4. The molecular formula is C16H26N2O3. The molecule has 0 saturated carbocycles. The molecule has 5 nitrogen and oxygen atoms in total. The van der Waals surface area contributed by atoms with Gasteiger partial charge in [-0.1, -0.05) is 26.0 Å². The van der Waals surface area contributed by atoms with Gasteiger partial charge in [-0.3, -0.25) is 4.79 Å². The maximum atomic E-state index is 11.7. The van der Waals surface area contributed by atoms with Gasteiger partial charge in [0.15, 0.2) is 0 Å². The van der Waals surface area contributed by atoms with Crippen molar-refractivity contribution < 1.29 is 14.3 Å². The Morgan fingerprint density at radius 3 is 2.71 bits per heavy atom. The van der Waals surface area contributed by atoms with E-state index in [1.165, 1.54) is 0 Å². The van der Waals surface area contributed by atoms with Crippen LogP contribution in [-0.2, 0) is 20.8 Å². The van der Waals surface area contributed by atoms with Crippen molar-refractivity contribution in [1.82, 2.24) is 0 Å². The molecule has 0 fully saturated rings. The summed E-state index contributed by atoms with van der Waals surface area (Å²) in [6, 6.07) is 7.52. The first kappa shape index (κ1) is 17.6. The number of amides is 1. The number of benzene rings is 1. The van der Waals surface area contributed by atoms with Gasteiger partial charge in [-0.15, -0.1) is 0 Å². The molecule has 1 rings (SSSR count). The number of rotatable bonds is 10. The zero-order valence-corrected chi connectivity index (χ0v) is 12.9. The van der Waals surface area contributed by atoms with Crippen molar-refractivity contribution in [2.24, 2.45) is 11.7 Å². The highest BCUT2D eigenvalue weighted by molar-refractivity contribution is 5.90. The molecule has 1 aromatic carbocycles. The Hall–Kier alpha value is -1.43.